The van der Waals surface area contributed by atoms with Crippen LogP contribution >= 0.6 is 15.9 Å². The highest BCUT2D eigenvalue weighted by Crippen LogP contribution is 2.39. The molecule has 156 valence electrons. The fraction of sp³-hybridized carbons (Fsp3) is 0. The lowest BCUT2D eigenvalue weighted by Gasteiger charge is -2.09. The van der Waals surface area contributed by atoms with Crippen molar-refractivity contribution < 1.29 is 0 Å². The highest BCUT2D eigenvalue weighted by molar-refractivity contribution is 9.10. The smallest absolute Gasteiger partial charge is 0.138 e. The second kappa shape index (κ2) is 7.06. The molecular weight excluding hydrogens is 470 g/mol. The minimum atomic E-state index is 0.824. The molecule has 7 rings (SSSR count). The van der Waals surface area contributed by atoms with Crippen LogP contribution in [0.3, 0.4) is 0 Å². The van der Waals surface area contributed by atoms with E-state index in [-0.39, 0.29) is 0 Å². The van der Waals surface area contributed by atoms with E-state index in [0.29, 0.717) is 0 Å². The van der Waals surface area contributed by atoms with Crippen LogP contribution in [0.1, 0.15) is 0 Å². The summed E-state index contributed by atoms with van der Waals surface area (Å²) in [5, 5.41) is 4.98. The second-order valence-electron chi connectivity index (χ2n) is 8.25. The Morgan fingerprint density at radius 3 is 1.79 bits per heavy atom. The predicted molar refractivity (Wildman–Crippen MR) is 141 cm³/mol. The first-order valence-electron chi connectivity index (χ1n) is 10.9. The quantitative estimate of drug-likeness (QED) is 0.226. The molecule has 0 saturated heterocycles. The molecule has 0 aliphatic heterocycles. The molecule has 0 bridgehead atoms. The zero-order valence-corrected chi connectivity index (χ0v) is 19.2. The molecule has 0 aliphatic rings. The summed E-state index contributed by atoms with van der Waals surface area (Å²) in [5.74, 6) is 0.900. The number of fused-ring (bicyclic) bond motifs is 6. The SMILES string of the molecule is Brc1cccc(-n2c3ccccc3c3cc4c5ccccc5n(-c5ccccc5)c4cc32)n1. The summed E-state index contributed by atoms with van der Waals surface area (Å²) in [6.07, 6.45) is 0. The number of nitrogens with zero attached hydrogens (tertiary/aromatic N) is 3. The van der Waals surface area contributed by atoms with Crippen molar-refractivity contribution in [1.82, 2.24) is 14.1 Å². The Bertz CT molecular complexity index is 1830. The van der Waals surface area contributed by atoms with Gasteiger partial charge in [0.1, 0.15) is 10.4 Å². The number of para-hydroxylation sites is 3. The Morgan fingerprint density at radius 2 is 1.09 bits per heavy atom. The van der Waals surface area contributed by atoms with E-state index < -0.39 is 0 Å². The molecule has 3 nitrogen and oxygen atoms in total. The molecular formula is C29H18BrN3. The number of hydrogen-bond acceptors (Lipinski definition) is 1. The molecule has 0 unspecified atom stereocenters. The van der Waals surface area contributed by atoms with Gasteiger partial charge in [0.15, 0.2) is 0 Å². The fourth-order valence-corrected chi connectivity index (χ4v) is 5.39. The third-order valence-electron chi connectivity index (χ3n) is 6.41. The summed E-state index contributed by atoms with van der Waals surface area (Å²) < 4.78 is 5.45. The summed E-state index contributed by atoms with van der Waals surface area (Å²) >= 11 is 3.55. The first-order valence-corrected chi connectivity index (χ1v) is 11.7. The minimum Gasteiger partial charge on any atom is -0.309 e. The van der Waals surface area contributed by atoms with E-state index >= 15 is 0 Å². The van der Waals surface area contributed by atoms with Crippen molar-refractivity contribution in [2.45, 2.75) is 0 Å². The Hall–Kier alpha value is -3.89. The Kier molecular flexibility index (Phi) is 3.99. The molecule has 33 heavy (non-hydrogen) atoms. The Labute approximate surface area is 198 Å². The number of aromatic nitrogens is 3. The van der Waals surface area contributed by atoms with Gasteiger partial charge in [-0.15, -0.1) is 0 Å². The zero-order chi connectivity index (χ0) is 21.9. The van der Waals surface area contributed by atoms with Gasteiger partial charge in [0, 0.05) is 27.2 Å². The topological polar surface area (TPSA) is 22.8 Å². The van der Waals surface area contributed by atoms with Gasteiger partial charge in [-0.05, 0) is 64.5 Å². The van der Waals surface area contributed by atoms with Crippen molar-refractivity contribution in [3.63, 3.8) is 0 Å². The number of pyridine rings is 1. The molecule has 0 amide bonds. The molecule has 3 heterocycles. The first-order chi connectivity index (χ1) is 16.3. The molecule has 0 spiro atoms. The standard InChI is InChI=1S/C29H18BrN3/c30-28-15-8-16-29(31-28)33-25-14-7-5-12-21(25)23-17-22-20-11-4-6-13-24(20)32(26(22)18-27(23)33)19-9-2-1-3-10-19/h1-18H. The maximum absolute atomic E-state index is 4.79. The van der Waals surface area contributed by atoms with Crippen LogP contribution in [0, 0.1) is 0 Å². The fourth-order valence-electron chi connectivity index (χ4n) is 5.06. The van der Waals surface area contributed by atoms with Crippen LogP contribution in [-0.4, -0.2) is 14.1 Å². The van der Waals surface area contributed by atoms with Crippen LogP contribution in [-0.2, 0) is 0 Å². The molecule has 7 aromatic rings. The van der Waals surface area contributed by atoms with Crippen molar-refractivity contribution in [2.24, 2.45) is 0 Å². The average molecular weight is 488 g/mol. The summed E-state index contributed by atoms with van der Waals surface area (Å²) in [7, 11) is 0. The normalized spacial score (nSPS) is 11.8. The minimum absolute atomic E-state index is 0.824. The van der Waals surface area contributed by atoms with E-state index in [2.05, 4.69) is 122 Å². The molecule has 0 N–H and O–H groups in total. The molecule has 0 atom stereocenters. The van der Waals surface area contributed by atoms with Crippen molar-refractivity contribution in [3.05, 3.63) is 114 Å². The molecule has 0 aliphatic carbocycles. The van der Waals surface area contributed by atoms with Crippen LogP contribution in [0.2, 0.25) is 0 Å². The van der Waals surface area contributed by atoms with E-state index in [4.69, 9.17) is 4.98 Å². The lowest BCUT2D eigenvalue weighted by molar-refractivity contribution is 1.07. The lowest BCUT2D eigenvalue weighted by Crippen LogP contribution is -1.98. The number of benzene rings is 4. The van der Waals surface area contributed by atoms with Crippen LogP contribution in [0.25, 0.3) is 55.1 Å². The van der Waals surface area contributed by atoms with Gasteiger partial charge in [-0.25, -0.2) is 4.98 Å². The van der Waals surface area contributed by atoms with Crippen molar-refractivity contribution in [3.8, 4) is 11.5 Å². The molecule has 0 saturated carbocycles. The van der Waals surface area contributed by atoms with Gasteiger partial charge in [-0.1, -0.05) is 60.7 Å². The Balaban J connectivity index is 1.70. The summed E-state index contributed by atoms with van der Waals surface area (Å²) in [4.78, 5) is 4.79. The van der Waals surface area contributed by atoms with Crippen LogP contribution in [0.15, 0.2) is 114 Å². The zero-order valence-electron chi connectivity index (χ0n) is 17.6. The highest BCUT2D eigenvalue weighted by Gasteiger charge is 2.18. The van der Waals surface area contributed by atoms with E-state index in [0.717, 1.165) is 27.1 Å². The summed E-state index contributed by atoms with van der Waals surface area (Å²) in [6, 6.07) is 38.5. The van der Waals surface area contributed by atoms with Gasteiger partial charge < -0.3 is 4.57 Å². The average Bonchev–Trinajstić information content (AvgIpc) is 3.35. The largest absolute Gasteiger partial charge is 0.309 e. The third-order valence-corrected chi connectivity index (χ3v) is 6.85. The number of rotatable bonds is 2. The van der Waals surface area contributed by atoms with Gasteiger partial charge >= 0.3 is 0 Å². The molecule has 3 aromatic heterocycles. The van der Waals surface area contributed by atoms with E-state index in [1.807, 2.05) is 12.1 Å². The van der Waals surface area contributed by atoms with Crippen LogP contribution in [0.5, 0.6) is 0 Å². The van der Waals surface area contributed by atoms with Gasteiger partial charge in [-0.2, -0.15) is 0 Å². The van der Waals surface area contributed by atoms with Gasteiger partial charge in [0.05, 0.1) is 22.1 Å². The van der Waals surface area contributed by atoms with Gasteiger partial charge in [0.2, 0.25) is 0 Å². The van der Waals surface area contributed by atoms with Crippen molar-refractivity contribution >= 4 is 59.5 Å². The molecule has 4 heteroatoms. The lowest BCUT2D eigenvalue weighted by atomic mass is 10.1. The van der Waals surface area contributed by atoms with E-state index in [9.17, 15) is 0 Å². The van der Waals surface area contributed by atoms with Crippen molar-refractivity contribution in [1.29, 1.82) is 0 Å². The van der Waals surface area contributed by atoms with Crippen molar-refractivity contribution in [2.75, 3.05) is 0 Å². The number of hydrogen-bond donors (Lipinski definition) is 0. The van der Waals surface area contributed by atoms with Crippen LogP contribution < -0.4 is 0 Å². The van der Waals surface area contributed by atoms with Gasteiger partial charge in [-0.3, -0.25) is 4.57 Å². The second-order valence-corrected chi connectivity index (χ2v) is 9.06. The maximum Gasteiger partial charge on any atom is 0.138 e. The van der Waals surface area contributed by atoms with E-state index in [1.165, 1.54) is 32.6 Å². The van der Waals surface area contributed by atoms with E-state index in [1.54, 1.807) is 0 Å². The first kappa shape index (κ1) is 18.7. The third kappa shape index (κ3) is 2.71. The predicted octanol–water partition coefficient (Wildman–Crippen LogP) is 8.04. The maximum atomic E-state index is 4.79. The Morgan fingerprint density at radius 1 is 0.485 bits per heavy atom. The monoisotopic (exact) mass is 487 g/mol. The summed E-state index contributed by atoms with van der Waals surface area (Å²) in [5.41, 5.74) is 5.86. The molecule has 4 aromatic carbocycles. The van der Waals surface area contributed by atoms with Gasteiger partial charge in [0.25, 0.3) is 0 Å². The molecule has 0 fully saturated rings. The molecule has 0 radical (unpaired) electrons. The number of halogens is 1. The summed E-state index contributed by atoms with van der Waals surface area (Å²) in [6.45, 7) is 0. The highest BCUT2D eigenvalue weighted by atomic mass is 79.9. The van der Waals surface area contributed by atoms with Crippen LogP contribution in [0.4, 0.5) is 0 Å².